The van der Waals surface area contributed by atoms with E-state index in [1.54, 1.807) is 16.9 Å². The van der Waals surface area contributed by atoms with E-state index in [4.69, 9.17) is 0 Å². The molecule has 1 fully saturated rings. The number of halogens is 1. The van der Waals surface area contributed by atoms with Gasteiger partial charge in [-0.1, -0.05) is 0 Å². The molecular weight excluding hydrogens is 207 g/mol. The number of pyridine rings is 1. The zero-order chi connectivity index (χ0) is 11.1. The van der Waals surface area contributed by atoms with Gasteiger partial charge in [-0.05, 0) is 18.9 Å². The first-order chi connectivity index (χ1) is 7.75. The third-order valence-corrected chi connectivity index (χ3v) is 2.75. The van der Waals surface area contributed by atoms with Crippen molar-refractivity contribution in [2.75, 3.05) is 0 Å². The molecule has 0 bridgehead atoms. The zero-order valence-corrected chi connectivity index (χ0v) is 8.89. The van der Waals surface area contributed by atoms with Crippen LogP contribution in [0, 0.1) is 5.82 Å². The molecule has 2 aromatic rings. The molecule has 1 saturated carbocycles. The monoisotopic (exact) mass is 218 g/mol. The van der Waals surface area contributed by atoms with Crippen molar-refractivity contribution in [1.82, 2.24) is 19.7 Å². The minimum absolute atomic E-state index is 0.379. The summed E-state index contributed by atoms with van der Waals surface area (Å²) in [6.07, 6.45) is 5.05. The van der Waals surface area contributed by atoms with Gasteiger partial charge in [-0.25, -0.2) is 9.37 Å². The summed E-state index contributed by atoms with van der Waals surface area (Å²) in [6, 6.07) is 1.60. The van der Waals surface area contributed by atoms with Crippen LogP contribution >= 0.6 is 0 Å². The first-order valence-corrected chi connectivity index (χ1v) is 5.26. The molecule has 82 valence electrons. The molecule has 5 heteroatoms. The Balaban J connectivity index is 2.06. The van der Waals surface area contributed by atoms with E-state index in [1.807, 2.05) is 7.05 Å². The van der Waals surface area contributed by atoms with Crippen LogP contribution in [0.4, 0.5) is 4.39 Å². The highest BCUT2D eigenvalue weighted by Crippen LogP contribution is 2.39. The van der Waals surface area contributed by atoms with Crippen molar-refractivity contribution in [2.45, 2.75) is 18.8 Å². The molecule has 0 radical (unpaired) electrons. The lowest BCUT2D eigenvalue weighted by atomic mass is 10.2. The Kier molecular flexibility index (Phi) is 1.99. The van der Waals surface area contributed by atoms with Crippen LogP contribution in [0.5, 0.6) is 0 Å². The highest BCUT2D eigenvalue weighted by atomic mass is 19.1. The average molecular weight is 218 g/mol. The van der Waals surface area contributed by atoms with E-state index in [2.05, 4.69) is 15.1 Å². The smallest absolute Gasteiger partial charge is 0.184 e. The third-order valence-electron chi connectivity index (χ3n) is 2.75. The molecular formula is C11H11FN4. The van der Waals surface area contributed by atoms with Gasteiger partial charge in [-0.15, -0.1) is 0 Å². The van der Waals surface area contributed by atoms with Gasteiger partial charge < -0.3 is 0 Å². The van der Waals surface area contributed by atoms with E-state index in [-0.39, 0.29) is 5.82 Å². The summed E-state index contributed by atoms with van der Waals surface area (Å²) in [5.74, 6) is 1.53. The Bertz CT molecular complexity index is 531. The van der Waals surface area contributed by atoms with Gasteiger partial charge >= 0.3 is 0 Å². The van der Waals surface area contributed by atoms with Crippen molar-refractivity contribution in [3.05, 3.63) is 30.1 Å². The first-order valence-electron chi connectivity index (χ1n) is 5.26. The third kappa shape index (κ3) is 1.48. The fourth-order valence-corrected chi connectivity index (χ4v) is 1.76. The van der Waals surface area contributed by atoms with Crippen molar-refractivity contribution in [1.29, 1.82) is 0 Å². The summed E-state index contributed by atoms with van der Waals surface area (Å²) in [7, 11) is 1.85. The fourth-order valence-electron chi connectivity index (χ4n) is 1.76. The molecule has 0 N–H and O–H groups in total. The second-order valence-electron chi connectivity index (χ2n) is 4.05. The summed E-state index contributed by atoms with van der Waals surface area (Å²) in [5.41, 5.74) is 0.414. The Hall–Kier alpha value is -1.78. The molecule has 1 aliphatic carbocycles. The summed E-state index contributed by atoms with van der Waals surface area (Å²) in [4.78, 5) is 8.10. The number of aryl methyl sites for hydroxylation is 1. The van der Waals surface area contributed by atoms with E-state index in [0.29, 0.717) is 17.3 Å². The van der Waals surface area contributed by atoms with Gasteiger partial charge in [0.05, 0.1) is 11.8 Å². The van der Waals surface area contributed by atoms with Crippen LogP contribution in [-0.2, 0) is 7.05 Å². The largest absolute Gasteiger partial charge is 0.262 e. The predicted octanol–water partition coefficient (Wildman–Crippen LogP) is 1.89. The zero-order valence-electron chi connectivity index (χ0n) is 8.89. The van der Waals surface area contributed by atoms with Crippen LogP contribution in [0.2, 0.25) is 0 Å². The Morgan fingerprint density at radius 2 is 2.25 bits per heavy atom. The van der Waals surface area contributed by atoms with E-state index in [0.717, 1.165) is 18.7 Å². The van der Waals surface area contributed by atoms with Gasteiger partial charge in [0, 0.05) is 19.2 Å². The SMILES string of the molecule is Cn1nc(-c2ccncc2F)nc1C1CC1. The van der Waals surface area contributed by atoms with Crippen LogP contribution in [0.3, 0.4) is 0 Å². The first kappa shape index (κ1) is 9.45. The molecule has 2 aromatic heterocycles. The molecule has 0 atom stereocenters. The molecule has 0 amide bonds. The van der Waals surface area contributed by atoms with Gasteiger partial charge in [0.25, 0.3) is 0 Å². The lowest BCUT2D eigenvalue weighted by molar-refractivity contribution is 0.623. The number of rotatable bonds is 2. The second kappa shape index (κ2) is 3.37. The Morgan fingerprint density at radius 3 is 2.94 bits per heavy atom. The van der Waals surface area contributed by atoms with E-state index in [1.165, 1.54) is 6.20 Å². The quantitative estimate of drug-likeness (QED) is 0.773. The molecule has 0 saturated heterocycles. The lowest BCUT2D eigenvalue weighted by Gasteiger charge is -1.94. The highest BCUT2D eigenvalue weighted by Gasteiger charge is 2.29. The molecule has 16 heavy (non-hydrogen) atoms. The fraction of sp³-hybridized carbons (Fsp3) is 0.364. The van der Waals surface area contributed by atoms with Gasteiger partial charge in [0.1, 0.15) is 5.82 Å². The summed E-state index contributed by atoms with van der Waals surface area (Å²) in [6.45, 7) is 0. The van der Waals surface area contributed by atoms with E-state index >= 15 is 0 Å². The van der Waals surface area contributed by atoms with Crippen LogP contribution in [0.1, 0.15) is 24.6 Å². The maximum absolute atomic E-state index is 13.5. The number of nitrogens with zero attached hydrogens (tertiary/aromatic N) is 4. The van der Waals surface area contributed by atoms with Crippen LogP contribution in [-0.4, -0.2) is 19.7 Å². The second-order valence-corrected chi connectivity index (χ2v) is 4.05. The van der Waals surface area contributed by atoms with Crippen LogP contribution in [0.15, 0.2) is 18.5 Å². The van der Waals surface area contributed by atoms with E-state index < -0.39 is 0 Å². The van der Waals surface area contributed by atoms with Crippen molar-refractivity contribution in [2.24, 2.45) is 7.05 Å². The molecule has 1 aliphatic rings. The lowest BCUT2D eigenvalue weighted by Crippen LogP contribution is -1.96. The molecule has 3 rings (SSSR count). The molecule has 0 spiro atoms. The summed E-state index contributed by atoms with van der Waals surface area (Å²) in [5, 5.41) is 4.24. The minimum Gasteiger partial charge on any atom is -0.262 e. The maximum Gasteiger partial charge on any atom is 0.184 e. The highest BCUT2D eigenvalue weighted by molar-refractivity contribution is 5.54. The summed E-state index contributed by atoms with van der Waals surface area (Å²) >= 11 is 0. The topological polar surface area (TPSA) is 43.6 Å². The molecule has 0 aromatic carbocycles. The summed E-state index contributed by atoms with van der Waals surface area (Å²) < 4.78 is 15.2. The van der Waals surface area contributed by atoms with Gasteiger partial charge in [0.2, 0.25) is 0 Å². The van der Waals surface area contributed by atoms with E-state index in [9.17, 15) is 4.39 Å². The van der Waals surface area contributed by atoms with Crippen molar-refractivity contribution in [3.63, 3.8) is 0 Å². The normalized spacial score (nSPS) is 15.4. The van der Waals surface area contributed by atoms with Crippen molar-refractivity contribution < 1.29 is 4.39 Å². The Morgan fingerprint density at radius 1 is 1.44 bits per heavy atom. The standard InChI is InChI=1S/C11H11FN4/c1-16-11(7-2-3-7)14-10(15-16)8-4-5-13-6-9(8)12/h4-7H,2-3H2,1H3. The molecule has 2 heterocycles. The Labute approximate surface area is 92.2 Å². The van der Waals surface area contributed by atoms with Crippen molar-refractivity contribution >= 4 is 0 Å². The van der Waals surface area contributed by atoms with Crippen LogP contribution < -0.4 is 0 Å². The number of aromatic nitrogens is 4. The minimum atomic E-state index is -0.379. The number of hydrogen-bond acceptors (Lipinski definition) is 3. The number of hydrogen-bond donors (Lipinski definition) is 0. The molecule has 4 nitrogen and oxygen atoms in total. The van der Waals surface area contributed by atoms with Crippen LogP contribution in [0.25, 0.3) is 11.4 Å². The molecule has 0 aliphatic heterocycles. The van der Waals surface area contributed by atoms with Crippen molar-refractivity contribution in [3.8, 4) is 11.4 Å². The predicted molar refractivity (Wildman–Crippen MR) is 56.2 cm³/mol. The average Bonchev–Trinajstić information content (AvgIpc) is 3.03. The van der Waals surface area contributed by atoms with Gasteiger partial charge in [-0.3, -0.25) is 9.67 Å². The molecule has 0 unspecified atom stereocenters. The van der Waals surface area contributed by atoms with Gasteiger partial charge in [-0.2, -0.15) is 5.10 Å². The van der Waals surface area contributed by atoms with Gasteiger partial charge in [0.15, 0.2) is 11.6 Å². The maximum atomic E-state index is 13.5.